The second-order valence-electron chi connectivity index (χ2n) is 3.28. The van der Waals surface area contributed by atoms with Crippen LogP contribution in [0.2, 0.25) is 0 Å². The molecule has 1 aromatic heterocycles. The number of H-pyrrole nitrogens is 1. The van der Waals surface area contributed by atoms with Gasteiger partial charge in [0.1, 0.15) is 12.2 Å². The van der Waals surface area contributed by atoms with Gasteiger partial charge in [-0.15, -0.1) is 0 Å². The summed E-state index contributed by atoms with van der Waals surface area (Å²) in [5.74, 6) is 0.874. The van der Waals surface area contributed by atoms with Gasteiger partial charge in [0, 0.05) is 12.6 Å². The highest BCUT2D eigenvalue weighted by atomic mass is 16.5. The van der Waals surface area contributed by atoms with E-state index in [2.05, 4.69) is 27.4 Å². The molecule has 0 aromatic carbocycles. The monoisotopic (exact) mass is 182 g/mol. The Kier molecular flexibility index (Phi) is 2.56. The van der Waals surface area contributed by atoms with E-state index in [4.69, 9.17) is 4.74 Å². The summed E-state index contributed by atoms with van der Waals surface area (Å²) in [6, 6.07) is 0.449. The Labute approximate surface area is 76.9 Å². The molecular formula is C8H14N4O. The van der Waals surface area contributed by atoms with Crippen molar-refractivity contribution in [1.29, 1.82) is 0 Å². The minimum atomic E-state index is 0.308. The van der Waals surface area contributed by atoms with E-state index in [0.29, 0.717) is 12.1 Å². The lowest BCUT2D eigenvalue weighted by Crippen LogP contribution is -2.34. The predicted octanol–water partition coefficient (Wildman–Crippen LogP) is 0.0717. The first-order valence-corrected chi connectivity index (χ1v) is 4.55. The Hall–Kier alpha value is -0.940. The van der Waals surface area contributed by atoms with Gasteiger partial charge in [0.2, 0.25) is 0 Å². The van der Waals surface area contributed by atoms with Crippen molar-refractivity contribution in [2.75, 3.05) is 6.61 Å². The molecule has 0 aliphatic carbocycles. The number of hydrogen-bond acceptors (Lipinski definition) is 4. The van der Waals surface area contributed by atoms with Gasteiger partial charge in [0.05, 0.1) is 12.6 Å². The molecule has 2 unspecified atom stereocenters. The summed E-state index contributed by atoms with van der Waals surface area (Å²) in [7, 11) is 0. The lowest BCUT2D eigenvalue weighted by molar-refractivity contribution is 0.113. The predicted molar refractivity (Wildman–Crippen MR) is 47.0 cm³/mol. The molecule has 2 atom stereocenters. The zero-order valence-corrected chi connectivity index (χ0v) is 7.66. The van der Waals surface area contributed by atoms with Crippen LogP contribution in [0.5, 0.6) is 0 Å². The van der Waals surface area contributed by atoms with E-state index in [-0.39, 0.29) is 0 Å². The van der Waals surface area contributed by atoms with Gasteiger partial charge in [0.15, 0.2) is 0 Å². The molecule has 1 saturated heterocycles. The Balaban J connectivity index is 1.79. The first kappa shape index (κ1) is 8.65. The zero-order valence-electron chi connectivity index (χ0n) is 7.66. The zero-order chi connectivity index (χ0) is 9.10. The maximum absolute atomic E-state index is 5.43. The maximum Gasteiger partial charge on any atom is 0.138 e. The van der Waals surface area contributed by atoms with Crippen LogP contribution >= 0.6 is 0 Å². The highest BCUT2D eigenvalue weighted by molar-refractivity contribution is 4.84. The van der Waals surface area contributed by atoms with E-state index >= 15 is 0 Å². The Bertz CT molecular complexity index is 249. The van der Waals surface area contributed by atoms with Crippen LogP contribution in [-0.4, -0.2) is 33.9 Å². The van der Waals surface area contributed by atoms with Gasteiger partial charge in [0.25, 0.3) is 0 Å². The summed E-state index contributed by atoms with van der Waals surface area (Å²) < 4.78 is 5.43. The summed E-state index contributed by atoms with van der Waals surface area (Å²) in [5.41, 5.74) is 0. The SMILES string of the molecule is CC1OCCC1NCc1ncn[nH]1. The van der Waals surface area contributed by atoms with E-state index in [1.165, 1.54) is 6.33 Å². The summed E-state index contributed by atoms with van der Waals surface area (Å²) in [5, 5.41) is 9.97. The molecule has 0 radical (unpaired) electrons. The number of rotatable bonds is 3. The van der Waals surface area contributed by atoms with Gasteiger partial charge in [-0.05, 0) is 13.3 Å². The lowest BCUT2D eigenvalue weighted by Gasteiger charge is -2.14. The molecule has 0 saturated carbocycles. The molecule has 0 bridgehead atoms. The van der Waals surface area contributed by atoms with Crippen molar-refractivity contribution in [2.45, 2.75) is 32.0 Å². The van der Waals surface area contributed by atoms with Gasteiger partial charge >= 0.3 is 0 Å². The summed E-state index contributed by atoms with van der Waals surface area (Å²) in [6.07, 6.45) is 2.91. The molecule has 2 rings (SSSR count). The molecule has 0 amide bonds. The standard InChI is InChI=1S/C8H14N4O/c1-6-7(2-3-13-6)9-4-8-10-5-11-12-8/h5-7,9H,2-4H2,1H3,(H,10,11,12). The summed E-state index contributed by atoms with van der Waals surface area (Å²) >= 11 is 0. The lowest BCUT2D eigenvalue weighted by atomic mass is 10.1. The normalized spacial score (nSPS) is 28.1. The molecule has 72 valence electrons. The molecule has 0 spiro atoms. The molecule has 1 fully saturated rings. The van der Waals surface area contributed by atoms with Crippen LogP contribution in [0.1, 0.15) is 19.2 Å². The fraction of sp³-hybridized carbons (Fsp3) is 0.750. The van der Waals surface area contributed by atoms with Gasteiger partial charge in [-0.2, -0.15) is 5.10 Å². The fourth-order valence-corrected chi connectivity index (χ4v) is 1.54. The Morgan fingerprint density at radius 1 is 1.77 bits per heavy atom. The molecule has 5 heteroatoms. The van der Waals surface area contributed by atoms with Gasteiger partial charge in [-0.1, -0.05) is 0 Å². The molecular weight excluding hydrogens is 168 g/mol. The third kappa shape index (κ3) is 2.05. The van der Waals surface area contributed by atoms with E-state index in [1.54, 1.807) is 0 Å². The summed E-state index contributed by atoms with van der Waals surface area (Å²) in [6.45, 7) is 3.68. The van der Waals surface area contributed by atoms with Crippen molar-refractivity contribution in [3.63, 3.8) is 0 Å². The molecule has 13 heavy (non-hydrogen) atoms. The molecule has 1 aromatic rings. The fourth-order valence-electron chi connectivity index (χ4n) is 1.54. The van der Waals surface area contributed by atoms with E-state index in [1.807, 2.05) is 0 Å². The minimum absolute atomic E-state index is 0.308. The van der Waals surface area contributed by atoms with Gasteiger partial charge < -0.3 is 10.1 Å². The first-order chi connectivity index (χ1) is 6.36. The van der Waals surface area contributed by atoms with E-state index < -0.39 is 0 Å². The highest BCUT2D eigenvalue weighted by Crippen LogP contribution is 2.12. The smallest absolute Gasteiger partial charge is 0.138 e. The quantitative estimate of drug-likeness (QED) is 0.694. The largest absolute Gasteiger partial charge is 0.377 e. The van der Waals surface area contributed by atoms with Crippen LogP contribution in [0.4, 0.5) is 0 Å². The van der Waals surface area contributed by atoms with E-state index in [0.717, 1.165) is 25.4 Å². The topological polar surface area (TPSA) is 62.8 Å². The number of nitrogens with one attached hydrogen (secondary N) is 2. The van der Waals surface area contributed by atoms with Crippen LogP contribution in [0.25, 0.3) is 0 Å². The number of hydrogen-bond donors (Lipinski definition) is 2. The second kappa shape index (κ2) is 3.85. The van der Waals surface area contributed by atoms with Crippen LogP contribution in [-0.2, 0) is 11.3 Å². The molecule has 2 N–H and O–H groups in total. The highest BCUT2D eigenvalue weighted by Gasteiger charge is 2.23. The first-order valence-electron chi connectivity index (χ1n) is 4.55. The van der Waals surface area contributed by atoms with Crippen molar-refractivity contribution >= 4 is 0 Å². The molecule has 1 aliphatic rings. The average molecular weight is 182 g/mol. The maximum atomic E-state index is 5.43. The van der Waals surface area contributed by atoms with Gasteiger partial charge in [-0.25, -0.2) is 4.98 Å². The molecule has 1 aliphatic heterocycles. The second-order valence-corrected chi connectivity index (χ2v) is 3.28. The van der Waals surface area contributed by atoms with Crippen LogP contribution < -0.4 is 5.32 Å². The third-order valence-electron chi connectivity index (χ3n) is 2.37. The number of nitrogens with zero attached hydrogens (tertiary/aromatic N) is 2. The van der Waals surface area contributed by atoms with Crippen molar-refractivity contribution < 1.29 is 4.74 Å². The minimum Gasteiger partial charge on any atom is -0.377 e. The third-order valence-corrected chi connectivity index (χ3v) is 2.37. The van der Waals surface area contributed by atoms with E-state index in [9.17, 15) is 0 Å². The Morgan fingerprint density at radius 2 is 2.69 bits per heavy atom. The summed E-state index contributed by atoms with van der Waals surface area (Å²) in [4.78, 5) is 4.03. The van der Waals surface area contributed by atoms with Crippen LogP contribution in [0, 0.1) is 0 Å². The number of aromatic amines is 1. The molecule has 5 nitrogen and oxygen atoms in total. The average Bonchev–Trinajstić information content (AvgIpc) is 2.72. The molecule has 2 heterocycles. The van der Waals surface area contributed by atoms with Crippen LogP contribution in [0.3, 0.4) is 0 Å². The Morgan fingerprint density at radius 3 is 3.31 bits per heavy atom. The van der Waals surface area contributed by atoms with Crippen molar-refractivity contribution in [1.82, 2.24) is 20.5 Å². The number of ether oxygens (including phenoxy) is 1. The van der Waals surface area contributed by atoms with Gasteiger partial charge in [-0.3, -0.25) is 5.10 Å². The van der Waals surface area contributed by atoms with Crippen LogP contribution in [0.15, 0.2) is 6.33 Å². The van der Waals surface area contributed by atoms with Crippen molar-refractivity contribution in [2.24, 2.45) is 0 Å². The van der Waals surface area contributed by atoms with Crippen molar-refractivity contribution in [3.05, 3.63) is 12.2 Å². The van der Waals surface area contributed by atoms with Crippen molar-refractivity contribution in [3.8, 4) is 0 Å². The number of aromatic nitrogens is 3.